The Balaban J connectivity index is 0.00000385. The van der Waals surface area contributed by atoms with Crippen molar-refractivity contribution in [2.24, 2.45) is 4.99 Å². The number of nitrogens with one attached hydrogen (secondary N) is 2. The number of halogens is 1. The zero-order valence-electron chi connectivity index (χ0n) is 19.7. The molecule has 2 aromatic heterocycles. The summed E-state index contributed by atoms with van der Waals surface area (Å²) in [6, 6.07) is 11.8. The third-order valence-electron chi connectivity index (χ3n) is 5.27. The summed E-state index contributed by atoms with van der Waals surface area (Å²) in [5.41, 5.74) is 1.88. The Hall–Kier alpha value is -2.60. The molecule has 0 atom stereocenters. The van der Waals surface area contributed by atoms with Gasteiger partial charge in [0.25, 0.3) is 0 Å². The molecule has 0 saturated heterocycles. The standard InChI is InChI=1S/C23H33N7O2.HI/c1-5-29(6-2)13-14-32-19-11-10-18(15-20(19)31-4)16-25-23(24-3)26-17-22-28-27-21-9-7-8-12-30(21)22;/h7-12,15H,5-6,13-14,16-17H2,1-4H3,(H2,24,25,26);1H. The smallest absolute Gasteiger partial charge is 0.191 e. The fourth-order valence-electron chi connectivity index (χ4n) is 3.35. The lowest BCUT2D eigenvalue weighted by Gasteiger charge is -2.19. The third-order valence-corrected chi connectivity index (χ3v) is 5.27. The molecule has 0 fully saturated rings. The first-order chi connectivity index (χ1) is 15.7. The summed E-state index contributed by atoms with van der Waals surface area (Å²) in [4.78, 5) is 6.62. The summed E-state index contributed by atoms with van der Waals surface area (Å²) >= 11 is 0. The Morgan fingerprint density at radius 2 is 1.85 bits per heavy atom. The minimum absolute atomic E-state index is 0. The molecule has 0 aliphatic heterocycles. The molecule has 0 amide bonds. The second kappa shape index (κ2) is 13.8. The largest absolute Gasteiger partial charge is 0.493 e. The average Bonchev–Trinajstić information content (AvgIpc) is 3.25. The quantitative estimate of drug-likeness (QED) is 0.209. The molecule has 3 aromatic rings. The summed E-state index contributed by atoms with van der Waals surface area (Å²) < 4.78 is 13.4. The fraction of sp³-hybridized carbons (Fsp3) is 0.435. The molecule has 33 heavy (non-hydrogen) atoms. The van der Waals surface area contributed by atoms with Gasteiger partial charge in [0.2, 0.25) is 0 Å². The van der Waals surface area contributed by atoms with Gasteiger partial charge in [-0.2, -0.15) is 0 Å². The van der Waals surface area contributed by atoms with Crippen molar-refractivity contribution in [2.45, 2.75) is 26.9 Å². The predicted molar refractivity (Wildman–Crippen MR) is 142 cm³/mol. The number of benzene rings is 1. The number of aliphatic imine (C=N–C) groups is 1. The molecule has 0 saturated carbocycles. The number of aromatic nitrogens is 3. The van der Waals surface area contributed by atoms with E-state index in [1.54, 1.807) is 14.2 Å². The first-order valence-corrected chi connectivity index (χ1v) is 10.9. The maximum atomic E-state index is 5.94. The van der Waals surface area contributed by atoms with Crippen LogP contribution in [0, 0.1) is 0 Å². The lowest BCUT2D eigenvalue weighted by Crippen LogP contribution is -2.36. The van der Waals surface area contributed by atoms with Crippen molar-refractivity contribution in [3.8, 4) is 11.5 Å². The van der Waals surface area contributed by atoms with Crippen molar-refractivity contribution < 1.29 is 9.47 Å². The van der Waals surface area contributed by atoms with Crippen LogP contribution in [0.2, 0.25) is 0 Å². The molecular formula is C23H34IN7O2. The normalized spacial score (nSPS) is 11.4. The summed E-state index contributed by atoms with van der Waals surface area (Å²) in [5.74, 6) is 2.97. The van der Waals surface area contributed by atoms with Crippen LogP contribution in [0.25, 0.3) is 5.65 Å². The van der Waals surface area contributed by atoms with E-state index in [1.165, 1.54) is 0 Å². The maximum Gasteiger partial charge on any atom is 0.191 e. The minimum atomic E-state index is 0. The Bertz CT molecular complexity index is 1020. The van der Waals surface area contributed by atoms with Crippen molar-refractivity contribution >= 4 is 35.6 Å². The highest BCUT2D eigenvalue weighted by Crippen LogP contribution is 2.28. The number of fused-ring (bicyclic) bond motifs is 1. The lowest BCUT2D eigenvalue weighted by molar-refractivity contribution is 0.217. The highest BCUT2D eigenvalue weighted by molar-refractivity contribution is 14.0. The first kappa shape index (κ1) is 26.7. The predicted octanol–water partition coefficient (Wildman–Crippen LogP) is 2.94. The van der Waals surface area contributed by atoms with E-state index in [4.69, 9.17) is 9.47 Å². The number of likely N-dealkylation sites (N-methyl/N-ethyl adjacent to an activating group) is 1. The van der Waals surface area contributed by atoms with Crippen LogP contribution < -0.4 is 20.1 Å². The molecule has 0 spiro atoms. The van der Waals surface area contributed by atoms with Crippen molar-refractivity contribution in [1.82, 2.24) is 30.1 Å². The zero-order chi connectivity index (χ0) is 22.8. The highest BCUT2D eigenvalue weighted by Gasteiger charge is 2.09. The second-order valence-electron chi connectivity index (χ2n) is 7.18. The van der Waals surface area contributed by atoms with E-state index in [9.17, 15) is 0 Å². The number of ether oxygens (including phenoxy) is 2. The summed E-state index contributed by atoms with van der Waals surface area (Å²) in [5, 5.41) is 15.0. The maximum absolute atomic E-state index is 5.94. The van der Waals surface area contributed by atoms with Crippen LogP contribution in [-0.2, 0) is 13.1 Å². The lowest BCUT2D eigenvalue weighted by atomic mass is 10.2. The van der Waals surface area contributed by atoms with Gasteiger partial charge < -0.3 is 25.0 Å². The van der Waals surface area contributed by atoms with Gasteiger partial charge in [0.15, 0.2) is 28.9 Å². The molecule has 9 nitrogen and oxygen atoms in total. The molecule has 2 heterocycles. The van der Waals surface area contributed by atoms with Gasteiger partial charge in [-0.3, -0.25) is 9.39 Å². The number of hydrogen-bond donors (Lipinski definition) is 2. The Labute approximate surface area is 212 Å². The first-order valence-electron chi connectivity index (χ1n) is 10.9. The van der Waals surface area contributed by atoms with Gasteiger partial charge in [0, 0.05) is 26.3 Å². The summed E-state index contributed by atoms with van der Waals surface area (Å²) in [6.07, 6.45) is 1.94. The second-order valence-corrected chi connectivity index (χ2v) is 7.18. The van der Waals surface area contributed by atoms with Crippen molar-refractivity contribution in [3.05, 3.63) is 54.0 Å². The molecule has 0 aliphatic carbocycles. The monoisotopic (exact) mass is 567 g/mol. The van der Waals surface area contributed by atoms with Gasteiger partial charge >= 0.3 is 0 Å². The molecule has 0 radical (unpaired) electrons. The number of pyridine rings is 1. The van der Waals surface area contributed by atoms with E-state index >= 15 is 0 Å². The van der Waals surface area contributed by atoms with Crippen LogP contribution in [0.1, 0.15) is 25.2 Å². The number of hydrogen-bond acceptors (Lipinski definition) is 6. The van der Waals surface area contributed by atoms with Gasteiger partial charge in [-0.25, -0.2) is 0 Å². The van der Waals surface area contributed by atoms with Crippen LogP contribution in [-0.4, -0.2) is 65.9 Å². The van der Waals surface area contributed by atoms with Crippen LogP contribution in [0.3, 0.4) is 0 Å². The molecular weight excluding hydrogens is 533 g/mol. The molecule has 1 aromatic carbocycles. The molecule has 0 unspecified atom stereocenters. The molecule has 2 N–H and O–H groups in total. The SMILES string of the molecule is CCN(CC)CCOc1ccc(CNC(=NC)NCc2nnc3ccccn23)cc1OC.I. The van der Waals surface area contributed by atoms with Crippen molar-refractivity contribution in [3.63, 3.8) is 0 Å². The number of guanidine groups is 1. The molecule has 10 heteroatoms. The highest BCUT2D eigenvalue weighted by atomic mass is 127. The molecule has 0 aliphatic rings. The molecule has 180 valence electrons. The Morgan fingerprint density at radius 1 is 1.06 bits per heavy atom. The average molecular weight is 567 g/mol. The van der Waals surface area contributed by atoms with Gasteiger partial charge in [0.05, 0.1) is 13.7 Å². The molecule has 0 bridgehead atoms. The zero-order valence-corrected chi connectivity index (χ0v) is 22.1. The third kappa shape index (κ3) is 7.46. The van der Waals surface area contributed by atoms with Crippen molar-refractivity contribution in [2.75, 3.05) is 40.4 Å². The van der Waals surface area contributed by atoms with E-state index in [2.05, 4.69) is 44.6 Å². The summed E-state index contributed by atoms with van der Waals surface area (Å²) in [6.45, 7) is 8.97. The van der Waals surface area contributed by atoms with Crippen LogP contribution in [0.5, 0.6) is 11.5 Å². The fourth-order valence-corrected chi connectivity index (χ4v) is 3.35. The molecule has 3 rings (SSSR count). The van der Waals surface area contributed by atoms with Gasteiger partial charge in [-0.1, -0.05) is 26.0 Å². The Kier molecular flexibility index (Phi) is 11.2. The van der Waals surface area contributed by atoms with E-state index in [0.29, 0.717) is 25.7 Å². The summed E-state index contributed by atoms with van der Waals surface area (Å²) in [7, 11) is 3.40. The minimum Gasteiger partial charge on any atom is -0.493 e. The van der Waals surface area contributed by atoms with Crippen LogP contribution >= 0.6 is 24.0 Å². The topological polar surface area (TPSA) is 88.3 Å². The van der Waals surface area contributed by atoms with Crippen LogP contribution in [0.15, 0.2) is 47.6 Å². The number of rotatable bonds is 11. The Morgan fingerprint density at radius 3 is 2.58 bits per heavy atom. The van der Waals surface area contributed by atoms with Gasteiger partial charge in [-0.05, 0) is 42.9 Å². The number of nitrogens with zero attached hydrogens (tertiary/aromatic N) is 5. The van der Waals surface area contributed by atoms with E-state index < -0.39 is 0 Å². The van der Waals surface area contributed by atoms with E-state index in [1.807, 2.05) is 47.0 Å². The number of methoxy groups -OCH3 is 1. The van der Waals surface area contributed by atoms with Gasteiger partial charge in [-0.15, -0.1) is 34.2 Å². The van der Waals surface area contributed by atoms with E-state index in [-0.39, 0.29) is 24.0 Å². The van der Waals surface area contributed by atoms with E-state index in [0.717, 1.165) is 48.2 Å². The van der Waals surface area contributed by atoms with Gasteiger partial charge in [0.1, 0.15) is 6.61 Å². The van der Waals surface area contributed by atoms with Crippen LogP contribution in [0.4, 0.5) is 0 Å². The van der Waals surface area contributed by atoms with Crippen molar-refractivity contribution in [1.29, 1.82) is 0 Å².